The van der Waals surface area contributed by atoms with Crippen molar-refractivity contribution in [3.8, 4) is 0 Å². The van der Waals surface area contributed by atoms with Gasteiger partial charge in [0.2, 0.25) is 17.7 Å². The number of rotatable bonds is 6. The van der Waals surface area contributed by atoms with Crippen LogP contribution in [0.5, 0.6) is 0 Å². The Kier molecular flexibility index (Phi) is 5.97. The van der Waals surface area contributed by atoms with Crippen molar-refractivity contribution in [2.45, 2.75) is 38.9 Å². The van der Waals surface area contributed by atoms with Gasteiger partial charge in [-0.1, -0.05) is 17.7 Å². The molecule has 1 fully saturated rings. The first-order chi connectivity index (χ1) is 14.8. The Balaban J connectivity index is 1.33. The molecule has 0 radical (unpaired) electrons. The van der Waals surface area contributed by atoms with E-state index < -0.39 is 11.9 Å². The number of nitrogens with one attached hydrogen (secondary N) is 3. The molecular weight excluding hydrogens is 440 g/mol. The van der Waals surface area contributed by atoms with Gasteiger partial charge in [0.1, 0.15) is 6.04 Å². The number of anilines is 1. The molecule has 1 aromatic heterocycles. The van der Waals surface area contributed by atoms with Crippen LogP contribution < -0.4 is 16.0 Å². The summed E-state index contributed by atoms with van der Waals surface area (Å²) < 4.78 is 0. The fourth-order valence-electron chi connectivity index (χ4n) is 3.66. The SMILES string of the molecule is Cc1ccc(NCC(=O)NCc2csc3c2CN(C2CCC(=O)NC2=O)C3=O)cc1Cl. The summed E-state index contributed by atoms with van der Waals surface area (Å²) in [5.74, 6) is -1.14. The summed E-state index contributed by atoms with van der Waals surface area (Å²) in [4.78, 5) is 50.6. The molecule has 0 aliphatic carbocycles. The number of nitrogens with zero attached hydrogens (tertiary/aromatic N) is 1. The van der Waals surface area contributed by atoms with Crippen LogP contribution in [0.2, 0.25) is 5.02 Å². The molecular formula is C21H21ClN4O4S. The topological polar surface area (TPSA) is 108 Å². The first-order valence-electron chi connectivity index (χ1n) is 9.84. The largest absolute Gasteiger partial charge is 0.376 e. The molecule has 3 N–H and O–H groups in total. The van der Waals surface area contributed by atoms with Gasteiger partial charge in [-0.25, -0.2) is 0 Å². The maximum atomic E-state index is 12.7. The Morgan fingerprint density at radius 1 is 1.32 bits per heavy atom. The molecule has 0 spiro atoms. The van der Waals surface area contributed by atoms with Gasteiger partial charge in [0, 0.05) is 35.8 Å². The quantitative estimate of drug-likeness (QED) is 0.573. The highest BCUT2D eigenvalue weighted by Crippen LogP contribution is 2.34. The smallest absolute Gasteiger partial charge is 0.265 e. The Morgan fingerprint density at radius 2 is 2.13 bits per heavy atom. The highest BCUT2D eigenvalue weighted by atomic mass is 35.5. The molecule has 0 bridgehead atoms. The van der Waals surface area contributed by atoms with Gasteiger partial charge in [-0.15, -0.1) is 11.3 Å². The van der Waals surface area contributed by atoms with Crippen LogP contribution in [0.4, 0.5) is 5.69 Å². The van der Waals surface area contributed by atoms with Crippen LogP contribution in [0, 0.1) is 6.92 Å². The van der Waals surface area contributed by atoms with Crippen molar-refractivity contribution in [1.82, 2.24) is 15.5 Å². The van der Waals surface area contributed by atoms with Gasteiger partial charge in [0.25, 0.3) is 5.91 Å². The van der Waals surface area contributed by atoms with E-state index in [1.54, 1.807) is 6.07 Å². The van der Waals surface area contributed by atoms with E-state index in [1.807, 2.05) is 24.4 Å². The van der Waals surface area contributed by atoms with Crippen molar-refractivity contribution >= 4 is 52.3 Å². The molecule has 4 amide bonds. The van der Waals surface area contributed by atoms with Crippen LogP contribution in [-0.2, 0) is 27.5 Å². The third kappa shape index (κ3) is 4.42. The second kappa shape index (κ2) is 8.68. The third-order valence-electron chi connectivity index (χ3n) is 5.45. The number of aryl methyl sites for hydroxylation is 1. The average molecular weight is 461 g/mol. The van der Waals surface area contributed by atoms with Gasteiger partial charge in [-0.3, -0.25) is 24.5 Å². The van der Waals surface area contributed by atoms with Crippen molar-refractivity contribution in [3.63, 3.8) is 0 Å². The predicted octanol–water partition coefficient (Wildman–Crippen LogP) is 2.20. The van der Waals surface area contributed by atoms with Crippen LogP contribution >= 0.6 is 22.9 Å². The summed E-state index contributed by atoms with van der Waals surface area (Å²) in [7, 11) is 0. The zero-order valence-corrected chi connectivity index (χ0v) is 18.4. The number of fused-ring (bicyclic) bond motifs is 1. The molecule has 2 aliphatic rings. The summed E-state index contributed by atoms with van der Waals surface area (Å²) in [6.45, 7) is 2.59. The molecule has 2 aliphatic heterocycles. The average Bonchev–Trinajstić information content (AvgIpc) is 3.27. The third-order valence-corrected chi connectivity index (χ3v) is 6.92. The molecule has 1 saturated heterocycles. The molecule has 2 aromatic rings. The van der Waals surface area contributed by atoms with Crippen molar-refractivity contribution in [3.05, 3.63) is 50.2 Å². The van der Waals surface area contributed by atoms with E-state index in [0.29, 0.717) is 22.9 Å². The summed E-state index contributed by atoms with van der Waals surface area (Å²) in [5.41, 5.74) is 3.41. The number of carbonyl (C=O) groups is 4. The lowest BCUT2D eigenvalue weighted by Crippen LogP contribution is -2.52. The van der Waals surface area contributed by atoms with Gasteiger partial charge < -0.3 is 15.5 Å². The van der Waals surface area contributed by atoms with Crippen LogP contribution in [0.25, 0.3) is 0 Å². The first kappa shape index (κ1) is 21.3. The molecule has 1 unspecified atom stereocenters. The summed E-state index contributed by atoms with van der Waals surface area (Å²) >= 11 is 7.40. The first-order valence-corrected chi connectivity index (χ1v) is 11.1. The van der Waals surface area contributed by atoms with Gasteiger partial charge in [-0.2, -0.15) is 0 Å². The van der Waals surface area contributed by atoms with E-state index in [0.717, 1.165) is 22.4 Å². The zero-order valence-electron chi connectivity index (χ0n) is 16.8. The molecule has 1 aromatic carbocycles. The molecule has 162 valence electrons. The van der Waals surface area contributed by atoms with E-state index in [4.69, 9.17) is 11.6 Å². The Morgan fingerprint density at radius 3 is 2.87 bits per heavy atom. The molecule has 10 heteroatoms. The Labute approximate surface area is 187 Å². The number of hydrogen-bond donors (Lipinski definition) is 3. The number of carbonyl (C=O) groups excluding carboxylic acids is 4. The number of piperidine rings is 1. The van der Waals surface area contributed by atoms with E-state index in [2.05, 4.69) is 16.0 Å². The molecule has 1 atom stereocenters. The normalized spacial score (nSPS) is 18.1. The fourth-order valence-corrected chi connectivity index (χ4v) is 4.89. The molecule has 4 rings (SSSR count). The second-order valence-electron chi connectivity index (χ2n) is 7.56. The highest BCUT2D eigenvalue weighted by molar-refractivity contribution is 7.12. The van der Waals surface area contributed by atoms with Crippen molar-refractivity contribution in [2.75, 3.05) is 11.9 Å². The number of hydrogen-bond acceptors (Lipinski definition) is 6. The second-order valence-corrected chi connectivity index (χ2v) is 8.85. The van der Waals surface area contributed by atoms with E-state index in [-0.39, 0.29) is 37.2 Å². The van der Waals surface area contributed by atoms with Crippen molar-refractivity contribution in [2.24, 2.45) is 0 Å². The molecule has 8 nitrogen and oxygen atoms in total. The number of imide groups is 1. The van der Waals surface area contributed by atoms with Crippen LogP contribution in [0.3, 0.4) is 0 Å². The Bertz CT molecular complexity index is 1080. The lowest BCUT2D eigenvalue weighted by Gasteiger charge is -2.29. The molecule has 3 heterocycles. The lowest BCUT2D eigenvalue weighted by molar-refractivity contribution is -0.137. The zero-order chi connectivity index (χ0) is 22.1. The van der Waals surface area contributed by atoms with E-state index in [9.17, 15) is 19.2 Å². The highest BCUT2D eigenvalue weighted by Gasteiger charge is 2.40. The maximum absolute atomic E-state index is 12.7. The summed E-state index contributed by atoms with van der Waals surface area (Å²) in [6.07, 6.45) is 0.544. The van der Waals surface area contributed by atoms with Crippen LogP contribution in [0.1, 0.15) is 39.2 Å². The molecule has 31 heavy (non-hydrogen) atoms. The minimum atomic E-state index is -0.641. The number of benzene rings is 1. The number of halogens is 1. The monoisotopic (exact) mass is 460 g/mol. The van der Waals surface area contributed by atoms with Gasteiger partial charge in [-0.05, 0) is 42.0 Å². The lowest BCUT2D eigenvalue weighted by atomic mass is 10.0. The summed E-state index contributed by atoms with van der Waals surface area (Å²) in [5, 5.41) is 10.7. The van der Waals surface area contributed by atoms with Crippen LogP contribution in [0.15, 0.2) is 23.6 Å². The van der Waals surface area contributed by atoms with E-state index in [1.165, 1.54) is 16.2 Å². The predicted molar refractivity (Wildman–Crippen MR) is 117 cm³/mol. The minimum Gasteiger partial charge on any atom is -0.376 e. The summed E-state index contributed by atoms with van der Waals surface area (Å²) in [6, 6.07) is 4.86. The minimum absolute atomic E-state index is 0.0903. The van der Waals surface area contributed by atoms with Crippen LogP contribution in [-0.4, -0.2) is 41.1 Å². The Hall–Kier alpha value is -2.91. The number of amides is 4. The molecule has 0 saturated carbocycles. The van der Waals surface area contributed by atoms with Crippen molar-refractivity contribution in [1.29, 1.82) is 0 Å². The maximum Gasteiger partial charge on any atom is 0.265 e. The van der Waals surface area contributed by atoms with Gasteiger partial charge in [0.15, 0.2) is 0 Å². The number of thiophene rings is 1. The fraction of sp³-hybridized carbons (Fsp3) is 0.333. The van der Waals surface area contributed by atoms with E-state index >= 15 is 0 Å². The van der Waals surface area contributed by atoms with Crippen molar-refractivity contribution < 1.29 is 19.2 Å². The standard InChI is InChI=1S/C21H21ClN4O4S/c1-11-2-3-13(6-15(11)22)23-8-18(28)24-7-12-10-31-19-14(12)9-26(21(19)30)16-4-5-17(27)25-20(16)29/h2-3,6,10,16,23H,4-5,7-9H2,1H3,(H,24,28)(H,25,27,29). The van der Waals surface area contributed by atoms with Gasteiger partial charge in [0.05, 0.1) is 11.4 Å². The van der Waals surface area contributed by atoms with Gasteiger partial charge >= 0.3 is 0 Å².